The number of rotatable bonds is 3. The molecule has 0 atom stereocenters. The Bertz CT molecular complexity index is 664. The monoisotopic (exact) mass is 357 g/mol. The SMILES string of the molecule is Nc1cc(C(=O)OCc2cccc(Cl)c2)c(Br)cc1F. The standard InChI is InChI=1S/C14H10BrClFNO2/c15-11-6-12(17)13(18)5-10(11)14(19)20-7-8-2-1-3-9(16)4-8/h1-6H,7,18H2. The van der Waals surface area contributed by atoms with Gasteiger partial charge in [0.1, 0.15) is 12.4 Å². The average molecular weight is 359 g/mol. The van der Waals surface area contributed by atoms with Gasteiger partial charge in [-0.25, -0.2) is 9.18 Å². The molecule has 2 aromatic rings. The molecule has 0 spiro atoms. The lowest BCUT2D eigenvalue weighted by molar-refractivity contribution is 0.0471. The number of nitrogens with two attached hydrogens (primary N) is 1. The number of carbonyl (C=O) groups is 1. The zero-order valence-corrected chi connectivity index (χ0v) is 12.5. The molecule has 0 bridgehead atoms. The highest BCUT2D eigenvalue weighted by atomic mass is 79.9. The van der Waals surface area contributed by atoms with Gasteiger partial charge in [-0.05, 0) is 45.8 Å². The summed E-state index contributed by atoms with van der Waals surface area (Å²) in [6.45, 7) is 0.0725. The quantitative estimate of drug-likeness (QED) is 0.661. The summed E-state index contributed by atoms with van der Waals surface area (Å²) >= 11 is 8.94. The van der Waals surface area contributed by atoms with Gasteiger partial charge >= 0.3 is 5.97 Å². The molecule has 3 nitrogen and oxygen atoms in total. The summed E-state index contributed by atoms with van der Waals surface area (Å²) in [7, 11) is 0. The zero-order chi connectivity index (χ0) is 14.7. The third-order valence-corrected chi connectivity index (χ3v) is 3.46. The van der Waals surface area contributed by atoms with Gasteiger partial charge in [-0.3, -0.25) is 0 Å². The van der Waals surface area contributed by atoms with E-state index in [0.717, 1.165) is 11.6 Å². The predicted octanol–water partition coefficient (Wildman–Crippen LogP) is 4.18. The van der Waals surface area contributed by atoms with Crippen molar-refractivity contribution in [3.8, 4) is 0 Å². The number of carbonyl (C=O) groups excluding carboxylic acids is 1. The predicted molar refractivity (Wildman–Crippen MR) is 79.1 cm³/mol. The Morgan fingerprint density at radius 1 is 1.35 bits per heavy atom. The molecule has 0 unspecified atom stereocenters. The lowest BCUT2D eigenvalue weighted by atomic mass is 10.2. The number of hydrogen-bond donors (Lipinski definition) is 1. The second-order valence-corrected chi connectivity index (χ2v) is 5.35. The van der Waals surface area contributed by atoms with E-state index in [1.165, 1.54) is 6.07 Å². The first-order chi connectivity index (χ1) is 9.47. The topological polar surface area (TPSA) is 52.3 Å². The second-order valence-electron chi connectivity index (χ2n) is 4.06. The van der Waals surface area contributed by atoms with Crippen LogP contribution in [-0.4, -0.2) is 5.97 Å². The molecule has 6 heteroatoms. The molecule has 104 valence electrons. The molecule has 0 saturated carbocycles. The maximum atomic E-state index is 13.2. The Kier molecular flexibility index (Phi) is 4.62. The van der Waals surface area contributed by atoms with Crippen LogP contribution in [0.4, 0.5) is 10.1 Å². The third-order valence-electron chi connectivity index (χ3n) is 2.57. The Morgan fingerprint density at radius 2 is 2.10 bits per heavy atom. The molecule has 0 amide bonds. The van der Waals surface area contributed by atoms with Crippen LogP contribution >= 0.6 is 27.5 Å². The van der Waals surface area contributed by atoms with E-state index in [1.807, 2.05) is 0 Å². The molecule has 2 aromatic carbocycles. The molecule has 20 heavy (non-hydrogen) atoms. The fourth-order valence-electron chi connectivity index (χ4n) is 1.58. The maximum absolute atomic E-state index is 13.2. The van der Waals surface area contributed by atoms with E-state index in [1.54, 1.807) is 24.3 Å². The Hall–Kier alpha value is -1.59. The summed E-state index contributed by atoms with van der Waals surface area (Å²) in [6, 6.07) is 9.34. The summed E-state index contributed by atoms with van der Waals surface area (Å²) in [5, 5.41) is 0.561. The second kappa shape index (κ2) is 6.24. The van der Waals surface area contributed by atoms with Crippen LogP contribution in [0.5, 0.6) is 0 Å². The molecule has 0 aliphatic rings. The van der Waals surface area contributed by atoms with Crippen LogP contribution in [0.3, 0.4) is 0 Å². The first-order valence-electron chi connectivity index (χ1n) is 5.63. The van der Waals surface area contributed by atoms with Crippen molar-refractivity contribution in [3.63, 3.8) is 0 Å². The summed E-state index contributed by atoms with van der Waals surface area (Å²) in [5.41, 5.74) is 6.26. The van der Waals surface area contributed by atoms with E-state index < -0.39 is 11.8 Å². The highest BCUT2D eigenvalue weighted by Crippen LogP contribution is 2.24. The Balaban J connectivity index is 2.11. The summed E-state index contributed by atoms with van der Waals surface area (Å²) in [4.78, 5) is 11.9. The molecule has 0 fully saturated rings. The van der Waals surface area contributed by atoms with Crippen molar-refractivity contribution in [2.24, 2.45) is 0 Å². The maximum Gasteiger partial charge on any atom is 0.339 e. The van der Waals surface area contributed by atoms with E-state index in [0.29, 0.717) is 9.50 Å². The summed E-state index contributed by atoms with van der Waals surface area (Å²) in [5.74, 6) is -1.19. The number of hydrogen-bond acceptors (Lipinski definition) is 3. The number of nitrogen functional groups attached to an aromatic ring is 1. The molecular weight excluding hydrogens is 349 g/mol. The normalized spacial score (nSPS) is 10.3. The van der Waals surface area contributed by atoms with Gasteiger partial charge in [0.05, 0.1) is 11.3 Å². The van der Waals surface area contributed by atoms with E-state index in [4.69, 9.17) is 22.1 Å². The smallest absolute Gasteiger partial charge is 0.339 e. The molecule has 0 heterocycles. The van der Waals surface area contributed by atoms with E-state index >= 15 is 0 Å². The van der Waals surface area contributed by atoms with Crippen LogP contribution in [0, 0.1) is 5.82 Å². The molecule has 2 N–H and O–H groups in total. The fourth-order valence-corrected chi connectivity index (χ4v) is 2.27. The fraction of sp³-hybridized carbons (Fsp3) is 0.0714. The molecule has 2 rings (SSSR count). The minimum Gasteiger partial charge on any atom is -0.457 e. The third kappa shape index (κ3) is 3.49. The van der Waals surface area contributed by atoms with E-state index in [2.05, 4.69) is 15.9 Å². The number of ether oxygens (including phenoxy) is 1. The van der Waals surface area contributed by atoms with Gasteiger partial charge in [-0.2, -0.15) is 0 Å². The molecule has 0 saturated heterocycles. The Morgan fingerprint density at radius 3 is 2.80 bits per heavy atom. The van der Waals surface area contributed by atoms with Crippen LogP contribution < -0.4 is 5.73 Å². The van der Waals surface area contributed by atoms with Gasteiger partial charge in [-0.1, -0.05) is 23.7 Å². The Labute approximate surface area is 128 Å². The van der Waals surface area contributed by atoms with Crippen LogP contribution in [0.15, 0.2) is 40.9 Å². The number of benzene rings is 2. The highest BCUT2D eigenvalue weighted by molar-refractivity contribution is 9.10. The lowest BCUT2D eigenvalue weighted by Gasteiger charge is -2.08. The molecule has 0 radical (unpaired) electrons. The van der Waals surface area contributed by atoms with Gasteiger partial charge in [0.2, 0.25) is 0 Å². The van der Waals surface area contributed by atoms with Crippen molar-refractivity contribution in [3.05, 3.63) is 62.8 Å². The first-order valence-corrected chi connectivity index (χ1v) is 6.80. The van der Waals surface area contributed by atoms with Crippen molar-refractivity contribution < 1.29 is 13.9 Å². The minimum atomic E-state index is -0.594. The van der Waals surface area contributed by atoms with Crippen molar-refractivity contribution in [1.29, 1.82) is 0 Å². The molecule has 0 aromatic heterocycles. The van der Waals surface area contributed by atoms with E-state index in [-0.39, 0.29) is 17.9 Å². The molecular formula is C14H10BrClFNO2. The molecule has 0 aliphatic heterocycles. The zero-order valence-electron chi connectivity index (χ0n) is 10.2. The number of anilines is 1. The van der Waals surface area contributed by atoms with Gasteiger partial charge in [0.25, 0.3) is 0 Å². The lowest BCUT2D eigenvalue weighted by Crippen LogP contribution is -2.07. The van der Waals surface area contributed by atoms with Gasteiger partial charge in [-0.15, -0.1) is 0 Å². The van der Waals surface area contributed by atoms with Crippen molar-refractivity contribution in [1.82, 2.24) is 0 Å². The van der Waals surface area contributed by atoms with Crippen LogP contribution in [-0.2, 0) is 11.3 Å². The van der Waals surface area contributed by atoms with Crippen LogP contribution in [0.2, 0.25) is 5.02 Å². The van der Waals surface area contributed by atoms with Gasteiger partial charge in [0, 0.05) is 9.50 Å². The van der Waals surface area contributed by atoms with Crippen molar-refractivity contribution >= 4 is 39.2 Å². The first kappa shape index (κ1) is 14.8. The average Bonchev–Trinajstić information content (AvgIpc) is 2.40. The van der Waals surface area contributed by atoms with Crippen LogP contribution in [0.1, 0.15) is 15.9 Å². The largest absolute Gasteiger partial charge is 0.457 e. The van der Waals surface area contributed by atoms with Gasteiger partial charge < -0.3 is 10.5 Å². The van der Waals surface area contributed by atoms with Gasteiger partial charge in [0.15, 0.2) is 0 Å². The van der Waals surface area contributed by atoms with Crippen LogP contribution in [0.25, 0.3) is 0 Å². The molecule has 0 aliphatic carbocycles. The van der Waals surface area contributed by atoms with Crippen molar-refractivity contribution in [2.45, 2.75) is 6.61 Å². The number of halogens is 3. The summed E-state index contributed by atoms with van der Waals surface area (Å²) < 4.78 is 18.6. The summed E-state index contributed by atoms with van der Waals surface area (Å²) in [6.07, 6.45) is 0. The van der Waals surface area contributed by atoms with Crippen molar-refractivity contribution in [2.75, 3.05) is 5.73 Å². The number of esters is 1. The highest BCUT2D eigenvalue weighted by Gasteiger charge is 2.14. The minimum absolute atomic E-state index is 0.0725. The van der Waals surface area contributed by atoms with E-state index in [9.17, 15) is 9.18 Å².